The highest BCUT2D eigenvalue weighted by Crippen LogP contribution is 2.38. The van der Waals surface area contributed by atoms with Gasteiger partial charge in [0.25, 0.3) is 0 Å². The number of benzene rings is 6. The van der Waals surface area contributed by atoms with Crippen LogP contribution in [-0.4, -0.2) is 9.97 Å². The van der Waals surface area contributed by atoms with Crippen molar-refractivity contribution in [2.45, 2.75) is 0 Å². The zero-order valence-corrected chi connectivity index (χ0v) is 18.4. The van der Waals surface area contributed by atoms with Gasteiger partial charge in [0.05, 0.1) is 22.1 Å². The first-order valence-electron chi connectivity index (χ1n) is 11.5. The molecular formula is C32H20N2. The molecule has 0 aliphatic carbocycles. The van der Waals surface area contributed by atoms with E-state index in [0.29, 0.717) is 0 Å². The van der Waals surface area contributed by atoms with E-state index in [9.17, 15) is 0 Å². The maximum Gasteiger partial charge on any atom is 0.0979 e. The quantitative estimate of drug-likeness (QED) is 0.202. The molecule has 0 fully saturated rings. The van der Waals surface area contributed by atoms with E-state index in [-0.39, 0.29) is 0 Å². The van der Waals surface area contributed by atoms with E-state index in [0.717, 1.165) is 55.1 Å². The number of hydrogen-bond donors (Lipinski definition) is 0. The van der Waals surface area contributed by atoms with Crippen LogP contribution in [0.2, 0.25) is 0 Å². The summed E-state index contributed by atoms with van der Waals surface area (Å²) in [5.41, 5.74) is 8.27. The van der Waals surface area contributed by atoms with Crippen LogP contribution in [0.4, 0.5) is 0 Å². The first kappa shape index (κ1) is 19.0. The summed E-state index contributed by atoms with van der Waals surface area (Å²) >= 11 is 0. The summed E-state index contributed by atoms with van der Waals surface area (Å²) in [5, 5.41) is 4.60. The second kappa shape index (κ2) is 7.50. The van der Waals surface area contributed by atoms with Gasteiger partial charge in [-0.15, -0.1) is 0 Å². The molecule has 0 bridgehead atoms. The van der Waals surface area contributed by atoms with Crippen molar-refractivity contribution in [1.29, 1.82) is 0 Å². The number of hydrogen-bond acceptors (Lipinski definition) is 2. The van der Waals surface area contributed by atoms with Crippen LogP contribution in [0.1, 0.15) is 0 Å². The summed E-state index contributed by atoms with van der Waals surface area (Å²) in [7, 11) is 0. The molecule has 0 atom stereocenters. The Labute approximate surface area is 197 Å². The molecule has 7 rings (SSSR count). The number of nitrogens with zero attached hydrogens (tertiary/aromatic N) is 2. The van der Waals surface area contributed by atoms with Crippen molar-refractivity contribution in [3.05, 3.63) is 121 Å². The van der Waals surface area contributed by atoms with Crippen molar-refractivity contribution in [2.24, 2.45) is 0 Å². The minimum atomic E-state index is 0.935. The van der Waals surface area contributed by atoms with Crippen LogP contribution in [-0.2, 0) is 0 Å². The summed E-state index contributed by atoms with van der Waals surface area (Å²) in [6.07, 6.45) is 0. The van der Waals surface area contributed by atoms with E-state index in [1.165, 1.54) is 10.8 Å². The average Bonchev–Trinajstić information content (AvgIpc) is 2.92. The molecular weight excluding hydrogens is 412 g/mol. The van der Waals surface area contributed by atoms with Crippen LogP contribution in [0.25, 0.3) is 65.9 Å². The van der Waals surface area contributed by atoms with Crippen LogP contribution in [0.15, 0.2) is 121 Å². The van der Waals surface area contributed by atoms with Gasteiger partial charge in [-0.1, -0.05) is 109 Å². The maximum absolute atomic E-state index is 5.37. The van der Waals surface area contributed by atoms with E-state index in [1.807, 2.05) is 12.1 Å². The molecule has 0 aliphatic rings. The monoisotopic (exact) mass is 432 g/mol. The summed E-state index contributed by atoms with van der Waals surface area (Å²) < 4.78 is 0. The van der Waals surface area contributed by atoms with Gasteiger partial charge in [-0.25, -0.2) is 9.97 Å². The molecule has 0 radical (unpaired) electrons. The topological polar surface area (TPSA) is 25.8 Å². The van der Waals surface area contributed by atoms with Crippen LogP contribution >= 0.6 is 0 Å². The Bertz CT molecular complexity index is 1700. The predicted octanol–water partition coefficient (Wildman–Crippen LogP) is 8.42. The summed E-state index contributed by atoms with van der Waals surface area (Å²) in [6, 6.07) is 42.4. The lowest BCUT2D eigenvalue weighted by molar-refractivity contribution is 1.41. The van der Waals surface area contributed by atoms with E-state index >= 15 is 0 Å². The smallest absolute Gasteiger partial charge is 0.0979 e. The fourth-order valence-electron chi connectivity index (χ4n) is 4.99. The normalized spacial score (nSPS) is 11.5. The Morgan fingerprint density at radius 3 is 1.21 bits per heavy atom. The van der Waals surface area contributed by atoms with Crippen molar-refractivity contribution >= 4 is 43.6 Å². The van der Waals surface area contributed by atoms with Crippen LogP contribution < -0.4 is 0 Å². The van der Waals surface area contributed by atoms with Gasteiger partial charge in [0.2, 0.25) is 0 Å². The number of fused-ring (bicyclic) bond motifs is 6. The fourth-order valence-corrected chi connectivity index (χ4v) is 4.99. The molecule has 2 nitrogen and oxygen atoms in total. The van der Waals surface area contributed by atoms with Crippen LogP contribution in [0, 0.1) is 0 Å². The third-order valence-corrected chi connectivity index (χ3v) is 6.61. The molecule has 6 aromatic carbocycles. The molecule has 0 saturated heterocycles. The molecule has 1 heterocycles. The molecule has 2 heteroatoms. The first-order chi connectivity index (χ1) is 16.9. The molecule has 0 spiro atoms. The Morgan fingerprint density at radius 2 is 0.735 bits per heavy atom. The molecule has 158 valence electrons. The number of rotatable bonds is 2. The third kappa shape index (κ3) is 2.89. The molecule has 7 aromatic rings. The Morgan fingerprint density at radius 1 is 0.353 bits per heavy atom. The minimum absolute atomic E-state index is 0.935. The maximum atomic E-state index is 5.37. The predicted molar refractivity (Wildman–Crippen MR) is 143 cm³/mol. The summed E-state index contributed by atoms with van der Waals surface area (Å²) in [4.78, 5) is 10.7. The molecule has 1 aromatic heterocycles. The lowest BCUT2D eigenvalue weighted by atomic mass is 9.96. The number of aromatic nitrogens is 2. The Balaban J connectivity index is 1.72. The average molecular weight is 433 g/mol. The highest BCUT2D eigenvalue weighted by molar-refractivity contribution is 6.17. The van der Waals surface area contributed by atoms with Crippen molar-refractivity contribution in [2.75, 3.05) is 0 Å². The lowest BCUT2D eigenvalue weighted by Gasteiger charge is -2.14. The van der Waals surface area contributed by atoms with Crippen LogP contribution in [0.5, 0.6) is 0 Å². The van der Waals surface area contributed by atoms with Gasteiger partial charge in [-0.05, 0) is 34.0 Å². The second-order valence-corrected chi connectivity index (χ2v) is 8.64. The fraction of sp³-hybridized carbons (Fsp3) is 0. The van der Waals surface area contributed by atoms with Gasteiger partial charge < -0.3 is 0 Å². The zero-order valence-electron chi connectivity index (χ0n) is 18.4. The molecule has 0 saturated carbocycles. The largest absolute Gasteiger partial charge is 0.243 e. The molecule has 34 heavy (non-hydrogen) atoms. The minimum Gasteiger partial charge on any atom is -0.243 e. The summed E-state index contributed by atoms with van der Waals surface area (Å²) in [5.74, 6) is 0. The van der Waals surface area contributed by atoms with Gasteiger partial charge >= 0.3 is 0 Å². The molecule has 0 N–H and O–H groups in total. The van der Waals surface area contributed by atoms with Gasteiger partial charge in [0, 0.05) is 21.9 Å². The van der Waals surface area contributed by atoms with E-state index in [1.54, 1.807) is 0 Å². The highest BCUT2D eigenvalue weighted by Gasteiger charge is 2.17. The van der Waals surface area contributed by atoms with Gasteiger partial charge in [-0.3, -0.25) is 0 Å². The van der Waals surface area contributed by atoms with E-state index in [2.05, 4.69) is 109 Å². The van der Waals surface area contributed by atoms with Gasteiger partial charge in [0.15, 0.2) is 0 Å². The molecule has 0 aliphatic heterocycles. The van der Waals surface area contributed by atoms with E-state index < -0.39 is 0 Å². The van der Waals surface area contributed by atoms with E-state index in [4.69, 9.17) is 9.97 Å². The van der Waals surface area contributed by atoms with Crippen LogP contribution in [0.3, 0.4) is 0 Å². The zero-order chi connectivity index (χ0) is 22.5. The standard InChI is InChI=1S/C32H20N2/c1-3-11-21(12-4-1)27-19-23-15-7-9-17-25(23)29-31(27)34-32-28(22-13-5-2-6-14-22)20-24-16-8-10-18-26(24)30(32)33-29/h1-20H. The highest BCUT2D eigenvalue weighted by atomic mass is 14.8. The lowest BCUT2D eigenvalue weighted by Crippen LogP contribution is -1.95. The third-order valence-electron chi connectivity index (χ3n) is 6.61. The Kier molecular flexibility index (Phi) is 4.18. The second-order valence-electron chi connectivity index (χ2n) is 8.64. The molecule has 0 amide bonds. The SMILES string of the molecule is c1ccc(-c2cc3ccccc3c3nc4c(nc23)c(-c2ccccc2)cc2ccccc24)cc1. The molecule has 0 unspecified atom stereocenters. The first-order valence-corrected chi connectivity index (χ1v) is 11.5. The van der Waals surface area contributed by atoms with Gasteiger partial charge in [-0.2, -0.15) is 0 Å². The van der Waals surface area contributed by atoms with Crippen molar-refractivity contribution in [3.63, 3.8) is 0 Å². The van der Waals surface area contributed by atoms with Crippen molar-refractivity contribution < 1.29 is 0 Å². The van der Waals surface area contributed by atoms with Crippen molar-refractivity contribution in [3.8, 4) is 22.3 Å². The summed E-state index contributed by atoms with van der Waals surface area (Å²) in [6.45, 7) is 0. The van der Waals surface area contributed by atoms with Gasteiger partial charge in [0.1, 0.15) is 0 Å². The van der Waals surface area contributed by atoms with Crippen molar-refractivity contribution in [1.82, 2.24) is 9.97 Å². The Hall–Kier alpha value is -4.56.